The van der Waals surface area contributed by atoms with Gasteiger partial charge >= 0.3 is 5.97 Å². The Morgan fingerprint density at radius 1 is 1.23 bits per heavy atom. The molecule has 3 heterocycles. The van der Waals surface area contributed by atoms with Crippen LogP contribution >= 0.6 is 0 Å². The molecule has 1 atom stereocenters. The van der Waals surface area contributed by atoms with Gasteiger partial charge in [-0.2, -0.15) is 0 Å². The maximum atomic E-state index is 12.6. The monoisotopic (exact) mass is 404 g/mol. The summed E-state index contributed by atoms with van der Waals surface area (Å²) in [6.45, 7) is 2.22. The Hall–Kier alpha value is -3.12. The van der Waals surface area contributed by atoms with Crippen LogP contribution in [0.4, 0.5) is 5.69 Å². The van der Waals surface area contributed by atoms with E-state index < -0.39 is 0 Å². The summed E-state index contributed by atoms with van der Waals surface area (Å²) in [4.78, 5) is 26.7. The summed E-state index contributed by atoms with van der Waals surface area (Å²) in [5, 5.41) is 2.92. The van der Waals surface area contributed by atoms with E-state index in [4.69, 9.17) is 9.47 Å². The number of methoxy groups -OCH3 is 1. The molecule has 0 radical (unpaired) electrons. The van der Waals surface area contributed by atoms with E-state index in [2.05, 4.69) is 28.4 Å². The van der Waals surface area contributed by atoms with Crippen LogP contribution < -0.4 is 5.32 Å². The molecular formula is C24H24N2O4. The SMILES string of the molecule is COC(=O)[C@@H]1CCCN1CCc1ccc2c(c1)COC2=C1C(=O)Nc2ccccc21. The Kier molecular flexibility index (Phi) is 4.79. The van der Waals surface area contributed by atoms with Gasteiger partial charge in [0, 0.05) is 28.9 Å². The van der Waals surface area contributed by atoms with Crippen molar-refractivity contribution in [2.24, 2.45) is 0 Å². The minimum absolute atomic E-state index is 0.119. The molecule has 3 aliphatic rings. The highest BCUT2D eigenvalue weighted by Crippen LogP contribution is 2.41. The van der Waals surface area contributed by atoms with Crippen molar-refractivity contribution in [2.75, 3.05) is 25.5 Å². The molecule has 0 unspecified atom stereocenters. The largest absolute Gasteiger partial charge is 0.487 e. The Labute approximate surface area is 175 Å². The summed E-state index contributed by atoms with van der Waals surface area (Å²) < 4.78 is 10.9. The van der Waals surface area contributed by atoms with Gasteiger partial charge in [0.05, 0.1) is 12.7 Å². The Morgan fingerprint density at radius 3 is 2.97 bits per heavy atom. The fourth-order valence-corrected chi connectivity index (χ4v) is 4.69. The fraction of sp³-hybridized carbons (Fsp3) is 0.333. The zero-order chi connectivity index (χ0) is 20.7. The quantitative estimate of drug-likeness (QED) is 0.626. The van der Waals surface area contributed by atoms with E-state index in [1.165, 1.54) is 12.7 Å². The lowest BCUT2D eigenvalue weighted by molar-refractivity contribution is -0.145. The molecule has 1 amide bonds. The predicted octanol–water partition coefficient (Wildman–Crippen LogP) is 3.22. The first-order valence-corrected chi connectivity index (χ1v) is 10.4. The van der Waals surface area contributed by atoms with Crippen LogP contribution in [0.5, 0.6) is 0 Å². The van der Waals surface area contributed by atoms with Crippen molar-refractivity contribution in [1.82, 2.24) is 4.90 Å². The first-order chi connectivity index (χ1) is 14.7. The molecule has 6 nitrogen and oxygen atoms in total. The van der Waals surface area contributed by atoms with Gasteiger partial charge in [-0.05, 0) is 37.4 Å². The second kappa shape index (κ2) is 7.61. The second-order valence-corrected chi connectivity index (χ2v) is 7.95. The van der Waals surface area contributed by atoms with E-state index in [9.17, 15) is 9.59 Å². The number of fused-ring (bicyclic) bond motifs is 2. The molecule has 30 heavy (non-hydrogen) atoms. The topological polar surface area (TPSA) is 67.9 Å². The highest BCUT2D eigenvalue weighted by molar-refractivity contribution is 6.36. The molecule has 5 rings (SSSR count). The number of hydrogen-bond donors (Lipinski definition) is 1. The van der Waals surface area contributed by atoms with Crippen molar-refractivity contribution in [3.8, 4) is 0 Å². The lowest BCUT2D eigenvalue weighted by Gasteiger charge is -2.22. The summed E-state index contributed by atoms with van der Waals surface area (Å²) in [5.74, 6) is 0.400. The first kappa shape index (κ1) is 18.9. The van der Waals surface area contributed by atoms with Crippen molar-refractivity contribution in [3.05, 3.63) is 64.7 Å². The minimum atomic E-state index is -0.138. The summed E-state index contributed by atoms with van der Waals surface area (Å²) in [5.41, 5.74) is 5.60. The number of likely N-dealkylation sites (tertiary alicyclic amines) is 1. The first-order valence-electron chi connectivity index (χ1n) is 10.4. The van der Waals surface area contributed by atoms with Gasteiger partial charge in [-0.1, -0.05) is 36.4 Å². The fourth-order valence-electron chi connectivity index (χ4n) is 4.69. The molecular weight excluding hydrogens is 380 g/mol. The molecule has 0 aromatic heterocycles. The maximum Gasteiger partial charge on any atom is 0.323 e. The number of nitrogens with zero attached hydrogens (tertiary/aromatic N) is 1. The number of rotatable bonds is 4. The molecule has 6 heteroatoms. The van der Waals surface area contributed by atoms with Gasteiger partial charge in [0.1, 0.15) is 18.4 Å². The number of esters is 1. The van der Waals surface area contributed by atoms with E-state index in [0.29, 0.717) is 17.9 Å². The summed E-state index contributed by atoms with van der Waals surface area (Å²) in [7, 11) is 1.45. The van der Waals surface area contributed by atoms with E-state index in [0.717, 1.165) is 54.7 Å². The molecule has 1 fully saturated rings. The van der Waals surface area contributed by atoms with Crippen LogP contribution in [0.3, 0.4) is 0 Å². The summed E-state index contributed by atoms with van der Waals surface area (Å²) in [6.07, 6.45) is 2.75. The summed E-state index contributed by atoms with van der Waals surface area (Å²) in [6, 6.07) is 13.9. The number of nitrogens with one attached hydrogen (secondary N) is 1. The van der Waals surface area contributed by atoms with Gasteiger partial charge < -0.3 is 14.8 Å². The van der Waals surface area contributed by atoms with Gasteiger partial charge in [0.25, 0.3) is 5.91 Å². The molecule has 1 saturated heterocycles. The predicted molar refractivity (Wildman–Crippen MR) is 113 cm³/mol. The zero-order valence-electron chi connectivity index (χ0n) is 16.9. The average molecular weight is 404 g/mol. The summed E-state index contributed by atoms with van der Waals surface area (Å²) >= 11 is 0. The maximum absolute atomic E-state index is 12.6. The zero-order valence-corrected chi connectivity index (χ0v) is 16.9. The third-order valence-corrected chi connectivity index (χ3v) is 6.21. The van der Waals surface area contributed by atoms with Crippen molar-refractivity contribution < 1.29 is 19.1 Å². The molecule has 0 bridgehead atoms. The lowest BCUT2D eigenvalue weighted by Crippen LogP contribution is -2.38. The smallest absolute Gasteiger partial charge is 0.323 e. The van der Waals surface area contributed by atoms with Gasteiger partial charge in [-0.15, -0.1) is 0 Å². The van der Waals surface area contributed by atoms with Gasteiger partial charge in [0.15, 0.2) is 0 Å². The molecule has 154 valence electrons. The van der Waals surface area contributed by atoms with Crippen LogP contribution in [0.2, 0.25) is 0 Å². The molecule has 3 aliphatic heterocycles. The van der Waals surface area contributed by atoms with E-state index >= 15 is 0 Å². The number of anilines is 1. The number of benzene rings is 2. The van der Waals surface area contributed by atoms with Crippen molar-refractivity contribution >= 4 is 28.9 Å². The Balaban J connectivity index is 1.36. The highest BCUT2D eigenvalue weighted by Gasteiger charge is 2.33. The van der Waals surface area contributed by atoms with Gasteiger partial charge in [-0.3, -0.25) is 14.5 Å². The minimum Gasteiger partial charge on any atom is -0.487 e. The molecule has 2 aromatic rings. The normalized spacial score (nSPS) is 22.4. The molecule has 1 N–H and O–H groups in total. The van der Waals surface area contributed by atoms with Crippen molar-refractivity contribution in [2.45, 2.75) is 31.9 Å². The van der Waals surface area contributed by atoms with Crippen molar-refractivity contribution in [3.63, 3.8) is 0 Å². The Morgan fingerprint density at radius 2 is 2.10 bits per heavy atom. The standard InChI is InChI=1S/C24H24N2O4/c1-29-24(28)20-7-4-11-26(20)12-10-15-8-9-17-16(13-15)14-30-22(17)21-18-5-2-3-6-19(18)25-23(21)27/h2-3,5-6,8-9,13,20H,4,7,10-12,14H2,1H3,(H,25,27)/t20-/m0/s1. The van der Waals surface area contributed by atoms with Crippen LogP contribution in [0, 0.1) is 0 Å². The lowest BCUT2D eigenvalue weighted by atomic mass is 9.98. The number of ether oxygens (including phenoxy) is 2. The van der Waals surface area contributed by atoms with Crippen LogP contribution in [-0.4, -0.2) is 43.0 Å². The van der Waals surface area contributed by atoms with E-state index in [1.54, 1.807) is 0 Å². The van der Waals surface area contributed by atoms with Crippen LogP contribution in [0.1, 0.15) is 35.1 Å². The van der Waals surface area contributed by atoms with E-state index in [1.807, 2.05) is 24.3 Å². The van der Waals surface area contributed by atoms with E-state index in [-0.39, 0.29) is 17.9 Å². The third kappa shape index (κ3) is 3.17. The number of carbonyl (C=O) groups excluding carboxylic acids is 2. The molecule has 2 aromatic carbocycles. The number of para-hydroxylation sites is 1. The average Bonchev–Trinajstić information content (AvgIpc) is 3.47. The van der Waals surface area contributed by atoms with Crippen LogP contribution in [-0.2, 0) is 32.1 Å². The van der Waals surface area contributed by atoms with Crippen LogP contribution in [0.15, 0.2) is 42.5 Å². The molecule has 0 spiro atoms. The molecule has 0 aliphatic carbocycles. The number of carbonyl (C=O) groups is 2. The van der Waals surface area contributed by atoms with Gasteiger partial charge in [-0.25, -0.2) is 0 Å². The highest BCUT2D eigenvalue weighted by atomic mass is 16.5. The molecule has 0 saturated carbocycles. The van der Waals surface area contributed by atoms with Crippen LogP contribution in [0.25, 0.3) is 11.3 Å². The number of hydrogen-bond acceptors (Lipinski definition) is 5. The van der Waals surface area contributed by atoms with Crippen molar-refractivity contribution in [1.29, 1.82) is 0 Å². The Bertz CT molecular complexity index is 1060. The van der Waals surface area contributed by atoms with Gasteiger partial charge in [0.2, 0.25) is 0 Å². The third-order valence-electron chi connectivity index (χ3n) is 6.21. The second-order valence-electron chi connectivity index (χ2n) is 7.95. The number of amides is 1.